The van der Waals surface area contributed by atoms with E-state index in [0.717, 1.165) is 29.4 Å². The molecule has 2 aromatic rings. The molecular formula is C17H18N2O3. The Labute approximate surface area is 128 Å². The third-order valence-electron chi connectivity index (χ3n) is 4.12. The van der Waals surface area contributed by atoms with Gasteiger partial charge in [0, 0.05) is 23.7 Å². The molecule has 1 aliphatic rings. The van der Waals surface area contributed by atoms with Crippen LogP contribution in [0.5, 0.6) is 0 Å². The highest BCUT2D eigenvalue weighted by molar-refractivity contribution is 6.06. The van der Waals surface area contributed by atoms with E-state index in [1.165, 1.54) is 0 Å². The first kappa shape index (κ1) is 14.5. The Morgan fingerprint density at radius 1 is 1.36 bits per heavy atom. The maximum absolute atomic E-state index is 12.9. The normalized spacial score (nSPS) is 17.9. The molecule has 1 aromatic heterocycles. The summed E-state index contributed by atoms with van der Waals surface area (Å²) >= 11 is 0. The maximum atomic E-state index is 12.9. The number of nitrogens with zero attached hydrogens (tertiary/aromatic N) is 2. The molecule has 5 nitrogen and oxygen atoms in total. The number of para-hydroxylation sites is 1. The van der Waals surface area contributed by atoms with Crippen molar-refractivity contribution in [2.75, 3.05) is 6.54 Å². The Balaban J connectivity index is 2.00. The van der Waals surface area contributed by atoms with Crippen LogP contribution in [0.4, 0.5) is 0 Å². The number of carbonyl (C=O) groups is 2. The topological polar surface area (TPSA) is 70.5 Å². The van der Waals surface area contributed by atoms with Crippen LogP contribution in [0.2, 0.25) is 0 Å². The van der Waals surface area contributed by atoms with Crippen LogP contribution in [0, 0.1) is 6.92 Å². The van der Waals surface area contributed by atoms with Gasteiger partial charge >= 0.3 is 5.97 Å². The summed E-state index contributed by atoms with van der Waals surface area (Å²) in [6.45, 7) is 2.48. The molecule has 1 fully saturated rings. The Bertz CT molecular complexity index is 742. The number of aliphatic carboxylic acids is 1. The average Bonchev–Trinajstić information content (AvgIpc) is 2.92. The predicted octanol–water partition coefficient (Wildman–Crippen LogP) is 2.62. The quantitative estimate of drug-likeness (QED) is 0.945. The molecule has 1 unspecified atom stereocenters. The van der Waals surface area contributed by atoms with Crippen molar-refractivity contribution in [1.82, 2.24) is 9.88 Å². The van der Waals surface area contributed by atoms with E-state index < -0.39 is 5.97 Å². The van der Waals surface area contributed by atoms with Gasteiger partial charge in [-0.25, -0.2) is 0 Å². The van der Waals surface area contributed by atoms with E-state index >= 15 is 0 Å². The zero-order valence-corrected chi connectivity index (χ0v) is 12.5. The number of carboxylic acid groups (broad SMARTS) is 1. The Kier molecular flexibility index (Phi) is 3.79. The van der Waals surface area contributed by atoms with Gasteiger partial charge in [-0.2, -0.15) is 0 Å². The van der Waals surface area contributed by atoms with Crippen molar-refractivity contribution >= 4 is 22.8 Å². The Morgan fingerprint density at radius 2 is 2.14 bits per heavy atom. The van der Waals surface area contributed by atoms with E-state index in [-0.39, 0.29) is 18.4 Å². The number of rotatable bonds is 3. The highest BCUT2D eigenvalue weighted by Crippen LogP contribution is 2.26. The number of benzene rings is 1. The van der Waals surface area contributed by atoms with E-state index in [9.17, 15) is 9.59 Å². The minimum atomic E-state index is -0.861. The van der Waals surface area contributed by atoms with Crippen molar-refractivity contribution in [3.8, 4) is 0 Å². The number of carbonyl (C=O) groups excluding carboxylic acids is 1. The molecule has 1 aromatic carbocycles. The molecule has 0 saturated carbocycles. The van der Waals surface area contributed by atoms with Crippen LogP contribution in [0.25, 0.3) is 10.9 Å². The van der Waals surface area contributed by atoms with Crippen molar-refractivity contribution in [2.45, 2.75) is 32.2 Å². The van der Waals surface area contributed by atoms with Gasteiger partial charge < -0.3 is 10.0 Å². The van der Waals surface area contributed by atoms with Gasteiger partial charge in [0.15, 0.2) is 0 Å². The van der Waals surface area contributed by atoms with E-state index in [1.807, 2.05) is 31.2 Å². The molecule has 1 N–H and O–H groups in total. The van der Waals surface area contributed by atoms with E-state index in [2.05, 4.69) is 4.98 Å². The monoisotopic (exact) mass is 298 g/mol. The van der Waals surface area contributed by atoms with Crippen LogP contribution in [0.3, 0.4) is 0 Å². The van der Waals surface area contributed by atoms with Gasteiger partial charge in [0.05, 0.1) is 17.5 Å². The Morgan fingerprint density at radius 3 is 2.91 bits per heavy atom. The highest BCUT2D eigenvalue weighted by atomic mass is 16.4. The molecule has 1 amide bonds. The van der Waals surface area contributed by atoms with Crippen LogP contribution < -0.4 is 0 Å². The molecule has 0 spiro atoms. The highest BCUT2D eigenvalue weighted by Gasteiger charge is 2.31. The molecule has 1 aliphatic heterocycles. The minimum Gasteiger partial charge on any atom is -0.481 e. The van der Waals surface area contributed by atoms with Crippen molar-refractivity contribution in [3.05, 3.63) is 41.6 Å². The molecule has 2 heterocycles. The summed E-state index contributed by atoms with van der Waals surface area (Å²) in [4.78, 5) is 30.0. The fourth-order valence-corrected chi connectivity index (χ4v) is 3.16. The molecule has 1 atom stereocenters. The number of aryl methyl sites for hydroxylation is 1. The third kappa shape index (κ3) is 2.66. The van der Waals surface area contributed by atoms with E-state index in [0.29, 0.717) is 12.1 Å². The molecule has 114 valence electrons. The van der Waals surface area contributed by atoms with Crippen LogP contribution in [0.15, 0.2) is 30.3 Å². The number of pyridine rings is 1. The number of carboxylic acids is 1. The molecule has 1 saturated heterocycles. The number of fused-ring (bicyclic) bond motifs is 1. The average molecular weight is 298 g/mol. The SMILES string of the molecule is Cc1cc(C(=O)N2CCCC2CC(=O)O)c2ccccc2n1. The van der Waals surface area contributed by atoms with Crippen molar-refractivity contribution < 1.29 is 14.7 Å². The van der Waals surface area contributed by atoms with Crippen LogP contribution >= 0.6 is 0 Å². The number of hydrogen-bond donors (Lipinski definition) is 1. The largest absolute Gasteiger partial charge is 0.481 e. The fourth-order valence-electron chi connectivity index (χ4n) is 3.16. The lowest BCUT2D eigenvalue weighted by molar-refractivity contribution is -0.137. The van der Waals surface area contributed by atoms with Gasteiger partial charge in [0.25, 0.3) is 5.91 Å². The van der Waals surface area contributed by atoms with Gasteiger partial charge in [-0.3, -0.25) is 14.6 Å². The summed E-state index contributed by atoms with van der Waals surface area (Å²) in [5, 5.41) is 9.83. The molecule has 22 heavy (non-hydrogen) atoms. The van der Waals surface area contributed by atoms with Crippen molar-refractivity contribution in [3.63, 3.8) is 0 Å². The molecule has 0 bridgehead atoms. The summed E-state index contributed by atoms with van der Waals surface area (Å²) in [7, 11) is 0. The molecule has 0 radical (unpaired) electrons. The summed E-state index contributed by atoms with van der Waals surface area (Å²) in [5.74, 6) is -0.953. The molecule has 0 aliphatic carbocycles. The van der Waals surface area contributed by atoms with Gasteiger partial charge in [-0.1, -0.05) is 18.2 Å². The lowest BCUT2D eigenvalue weighted by Crippen LogP contribution is -2.37. The van der Waals surface area contributed by atoms with Gasteiger partial charge in [-0.05, 0) is 31.9 Å². The second-order valence-corrected chi connectivity index (χ2v) is 5.72. The zero-order valence-electron chi connectivity index (χ0n) is 12.5. The first-order valence-corrected chi connectivity index (χ1v) is 7.45. The zero-order chi connectivity index (χ0) is 15.7. The number of aromatic nitrogens is 1. The second-order valence-electron chi connectivity index (χ2n) is 5.72. The number of likely N-dealkylation sites (tertiary alicyclic amines) is 1. The maximum Gasteiger partial charge on any atom is 0.305 e. The van der Waals surface area contributed by atoms with Crippen LogP contribution in [-0.2, 0) is 4.79 Å². The molecule has 5 heteroatoms. The minimum absolute atomic E-state index is 0.00768. The summed E-state index contributed by atoms with van der Waals surface area (Å²) in [5.41, 5.74) is 2.19. The number of amides is 1. The summed E-state index contributed by atoms with van der Waals surface area (Å²) < 4.78 is 0. The predicted molar refractivity (Wildman–Crippen MR) is 82.8 cm³/mol. The first-order valence-electron chi connectivity index (χ1n) is 7.45. The van der Waals surface area contributed by atoms with Crippen LogP contribution in [-0.4, -0.2) is 39.5 Å². The van der Waals surface area contributed by atoms with Crippen LogP contribution in [0.1, 0.15) is 35.3 Å². The van der Waals surface area contributed by atoms with E-state index in [4.69, 9.17) is 5.11 Å². The van der Waals surface area contributed by atoms with E-state index in [1.54, 1.807) is 11.0 Å². The lowest BCUT2D eigenvalue weighted by Gasteiger charge is -2.24. The molecular weight excluding hydrogens is 280 g/mol. The van der Waals surface area contributed by atoms with Crippen molar-refractivity contribution in [1.29, 1.82) is 0 Å². The summed E-state index contributed by atoms with van der Waals surface area (Å²) in [6.07, 6.45) is 1.61. The first-order chi connectivity index (χ1) is 10.6. The smallest absolute Gasteiger partial charge is 0.305 e. The Hall–Kier alpha value is -2.43. The summed E-state index contributed by atoms with van der Waals surface area (Å²) in [6, 6.07) is 9.13. The van der Waals surface area contributed by atoms with Gasteiger partial charge in [0.1, 0.15) is 0 Å². The van der Waals surface area contributed by atoms with Crippen molar-refractivity contribution in [2.24, 2.45) is 0 Å². The van der Waals surface area contributed by atoms with Gasteiger partial charge in [-0.15, -0.1) is 0 Å². The van der Waals surface area contributed by atoms with Gasteiger partial charge in [0.2, 0.25) is 0 Å². The second kappa shape index (κ2) is 5.75. The third-order valence-corrected chi connectivity index (χ3v) is 4.12. The lowest BCUT2D eigenvalue weighted by atomic mass is 10.1. The standard InChI is InChI=1S/C17H18N2O3/c1-11-9-14(13-6-2-3-7-15(13)18-11)17(22)19-8-4-5-12(19)10-16(20)21/h2-3,6-7,9,12H,4-5,8,10H2,1H3,(H,20,21). The fraction of sp³-hybridized carbons (Fsp3) is 0.353. The molecule has 3 rings (SSSR count). The number of hydrogen-bond acceptors (Lipinski definition) is 3.